The molecule has 0 aromatic carbocycles. The molecule has 0 unspecified atom stereocenters. The molecular weight excluding hydrogens is 302 g/mol. The Labute approximate surface area is 146 Å². The summed E-state index contributed by atoms with van der Waals surface area (Å²) in [5, 5.41) is 0. The summed E-state index contributed by atoms with van der Waals surface area (Å²) in [5.41, 5.74) is 0.905. The van der Waals surface area contributed by atoms with Gasteiger partial charge in [-0.25, -0.2) is 4.79 Å². The minimum absolute atomic E-state index is 0.0947. The Hall–Kier alpha value is -1.58. The molecule has 0 spiro atoms. The fraction of sp³-hybridized carbons (Fsp3) is 0.700. The van der Waals surface area contributed by atoms with E-state index >= 15 is 0 Å². The number of aromatic amines is 1. The Kier molecular flexibility index (Phi) is 10.9. The number of rotatable bonds is 14. The number of hydrogen-bond acceptors (Lipinski definition) is 3. The number of hydrogen-bond donors (Lipinski definition) is 1. The number of carbonyl (C=O) groups is 2. The molecule has 1 rings (SSSR count). The summed E-state index contributed by atoms with van der Waals surface area (Å²) in [7, 11) is 1.33. The number of ketones is 1. The summed E-state index contributed by atoms with van der Waals surface area (Å²) < 4.78 is 4.62. The summed E-state index contributed by atoms with van der Waals surface area (Å²) in [5.74, 6) is -0.346. The second kappa shape index (κ2) is 12.8. The molecule has 0 aliphatic heterocycles. The van der Waals surface area contributed by atoms with Crippen molar-refractivity contribution in [2.45, 2.75) is 84.0 Å². The third-order valence-corrected chi connectivity index (χ3v) is 4.42. The van der Waals surface area contributed by atoms with Crippen LogP contribution in [0.25, 0.3) is 0 Å². The summed E-state index contributed by atoms with van der Waals surface area (Å²) >= 11 is 0. The van der Waals surface area contributed by atoms with Gasteiger partial charge in [0, 0.05) is 18.2 Å². The zero-order chi connectivity index (χ0) is 17.6. The van der Waals surface area contributed by atoms with Gasteiger partial charge in [0.05, 0.1) is 7.11 Å². The third-order valence-electron chi connectivity index (χ3n) is 4.42. The quantitative estimate of drug-likeness (QED) is 0.270. The van der Waals surface area contributed by atoms with Gasteiger partial charge in [-0.3, -0.25) is 4.79 Å². The van der Waals surface area contributed by atoms with Crippen LogP contribution in [0, 0.1) is 0 Å². The number of carbonyl (C=O) groups excluding carboxylic acids is 2. The molecule has 0 bridgehead atoms. The van der Waals surface area contributed by atoms with Gasteiger partial charge in [-0.15, -0.1) is 0 Å². The van der Waals surface area contributed by atoms with Crippen molar-refractivity contribution >= 4 is 11.8 Å². The Morgan fingerprint density at radius 2 is 1.46 bits per heavy atom. The van der Waals surface area contributed by atoms with Crippen molar-refractivity contribution in [3.05, 3.63) is 23.5 Å². The van der Waals surface area contributed by atoms with Gasteiger partial charge in [0.1, 0.15) is 5.69 Å². The predicted octanol–water partition coefficient (Wildman–Crippen LogP) is 5.69. The molecule has 0 amide bonds. The normalized spacial score (nSPS) is 10.8. The summed E-state index contributed by atoms with van der Waals surface area (Å²) in [6, 6.07) is 1.58. The Balaban J connectivity index is 2.02. The maximum absolute atomic E-state index is 12.1. The Bertz CT molecular complexity index is 479. The van der Waals surface area contributed by atoms with Gasteiger partial charge < -0.3 is 9.72 Å². The number of esters is 1. The van der Waals surface area contributed by atoms with E-state index in [1.54, 1.807) is 12.3 Å². The fourth-order valence-electron chi connectivity index (χ4n) is 2.88. The maximum atomic E-state index is 12.1. The lowest BCUT2D eigenvalue weighted by molar-refractivity contribution is 0.0595. The molecule has 1 heterocycles. The zero-order valence-corrected chi connectivity index (χ0v) is 15.4. The molecule has 24 heavy (non-hydrogen) atoms. The van der Waals surface area contributed by atoms with Crippen LogP contribution in [-0.2, 0) is 4.74 Å². The molecule has 0 aliphatic rings. The van der Waals surface area contributed by atoms with Crippen molar-refractivity contribution in [3.8, 4) is 0 Å². The van der Waals surface area contributed by atoms with E-state index in [2.05, 4.69) is 16.6 Å². The van der Waals surface area contributed by atoms with Crippen LogP contribution in [0.2, 0.25) is 0 Å². The van der Waals surface area contributed by atoms with E-state index in [4.69, 9.17) is 0 Å². The molecule has 0 saturated carbocycles. The average Bonchev–Trinajstić information content (AvgIpc) is 3.09. The first kappa shape index (κ1) is 20.5. The number of H-pyrrole nitrogens is 1. The van der Waals surface area contributed by atoms with Crippen molar-refractivity contribution in [2.75, 3.05) is 7.11 Å². The standard InChI is InChI=1S/C20H33NO3/c1-3-4-5-6-7-8-9-10-11-12-13-14-19(22)17-15-18(21-16-17)20(23)24-2/h15-16,21H,3-14H2,1-2H3. The highest BCUT2D eigenvalue weighted by molar-refractivity contribution is 5.98. The molecule has 0 radical (unpaired) electrons. The highest BCUT2D eigenvalue weighted by Crippen LogP contribution is 2.14. The SMILES string of the molecule is CCCCCCCCCCCCCC(=O)c1c[nH]c(C(=O)OC)c1. The Morgan fingerprint density at radius 1 is 0.917 bits per heavy atom. The molecule has 1 aromatic heterocycles. The van der Waals surface area contributed by atoms with Crippen LogP contribution in [0.4, 0.5) is 0 Å². The van der Waals surface area contributed by atoms with Gasteiger partial charge in [0.15, 0.2) is 5.78 Å². The summed E-state index contributed by atoms with van der Waals surface area (Å²) in [4.78, 5) is 26.2. The van der Waals surface area contributed by atoms with Crippen molar-refractivity contribution < 1.29 is 14.3 Å². The van der Waals surface area contributed by atoms with E-state index in [-0.39, 0.29) is 5.78 Å². The van der Waals surface area contributed by atoms with Gasteiger partial charge in [0.25, 0.3) is 0 Å². The maximum Gasteiger partial charge on any atom is 0.354 e. The fourth-order valence-corrected chi connectivity index (χ4v) is 2.88. The van der Waals surface area contributed by atoms with Crippen LogP contribution in [0.15, 0.2) is 12.3 Å². The largest absolute Gasteiger partial charge is 0.464 e. The molecule has 4 nitrogen and oxygen atoms in total. The first-order valence-electron chi connectivity index (χ1n) is 9.49. The van der Waals surface area contributed by atoms with E-state index in [0.717, 1.165) is 12.8 Å². The molecule has 0 aliphatic carbocycles. The lowest BCUT2D eigenvalue weighted by atomic mass is 10.0. The topological polar surface area (TPSA) is 59.2 Å². The second-order valence-electron chi connectivity index (χ2n) is 6.50. The lowest BCUT2D eigenvalue weighted by Gasteiger charge is -2.02. The molecule has 136 valence electrons. The first-order chi connectivity index (χ1) is 11.7. The van der Waals surface area contributed by atoms with E-state index in [1.165, 1.54) is 64.9 Å². The second-order valence-corrected chi connectivity index (χ2v) is 6.50. The van der Waals surface area contributed by atoms with E-state index < -0.39 is 5.97 Å². The van der Waals surface area contributed by atoms with Crippen LogP contribution in [-0.4, -0.2) is 23.8 Å². The van der Waals surface area contributed by atoms with Crippen LogP contribution < -0.4 is 0 Å². The number of Topliss-reactive ketones (excluding diaryl/α,β-unsaturated/α-hetero) is 1. The number of nitrogens with one attached hydrogen (secondary N) is 1. The molecular formula is C20H33NO3. The minimum atomic E-state index is -0.441. The van der Waals surface area contributed by atoms with E-state index in [0.29, 0.717) is 17.7 Å². The van der Waals surface area contributed by atoms with Crippen LogP contribution >= 0.6 is 0 Å². The number of methoxy groups -OCH3 is 1. The number of unbranched alkanes of at least 4 members (excludes halogenated alkanes) is 10. The van der Waals surface area contributed by atoms with E-state index in [1.807, 2.05) is 0 Å². The average molecular weight is 335 g/mol. The molecule has 0 atom stereocenters. The molecule has 1 N–H and O–H groups in total. The predicted molar refractivity (Wildman–Crippen MR) is 97.5 cm³/mol. The van der Waals surface area contributed by atoms with Crippen molar-refractivity contribution in [1.82, 2.24) is 4.98 Å². The number of ether oxygens (including phenoxy) is 1. The van der Waals surface area contributed by atoms with Crippen LogP contribution in [0.3, 0.4) is 0 Å². The van der Waals surface area contributed by atoms with Gasteiger partial charge in [-0.05, 0) is 12.5 Å². The van der Waals surface area contributed by atoms with Crippen LogP contribution in [0.1, 0.15) is 105 Å². The summed E-state index contributed by atoms with van der Waals surface area (Å²) in [6.07, 6.45) is 16.1. The zero-order valence-electron chi connectivity index (χ0n) is 15.4. The molecule has 0 fully saturated rings. The van der Waals surface area contributed by atoms with Crippen molar-refractivity contribution in [3.63, 3.8) is 0 Å². The van der Waals surface area contributed by atoms with Gasteiger partial charge >= 0.3 is 5.97 Å². The lowest BCUT2D eigenvalue weighted by Crippen LogP contribution is -2.01. The minimum Gasteiger partial charge on any atom is -0.464 e. The highest BCUT2D eigenvalue weighted by Gasteiger charge is 2.12. The van der Waals surface area contributed by atoms with Gasteiger partial charge in [0.2, 0.25) is 0 Å². The highest BCUT2D eigenvalue weighted by atomic mass is 16.5. The number of aromatic nitrogens is 1. The smallest absolute Gasteiger partial charge is 0.354 e. The van der Waals surface area contributed by atoms with Gasteiger partial charge in [-0.1, -0.05) is 71.1 Å². The van der Waals surface area contributed by atoms with Crippen molar-refractivity contribution in [1.29, 1.82) is 0 Å². The molecule has 4 heteroatoms. The third kappa shape index (κ3) is 8.32. The molecule has 0 saturated heterocycles. The monoisotopic (exact) mass is 335 g/mol. The Morgan fingerprint density at radius 3 is 2.00 bits per heavy atom. The van der Waals surface area contributed by atoms with Gasteiger partial charge in [-0.2, -0.15) is 0 Å². The first-order valence-corrected chi connectivity index (χ1v) is 9.49. The van der Waals surface area contributed by atoms with Crippen LogP contribution in [0.5, 0.6) is 0 Å². The molecule has 1 aromatic rings. The van der Waals surface area contributed by atoms with Crippen molar-refractivity contribution in [2.24, 2.45) is 0 Å². The summed E-state index contributed by atoms with van der Waals surface area (Å²) in [6.45, 7) is 2.25. The van der Waals surface area contributed by atoms with E-state index in [9.17, 15) is 9.59 Å².